The summed E-state index contributed by atoms with van der Waals surface area (Å²) in [6.45, 7) is 0. The van der Waals surface area contributed by atoms with Gasteiger partial charge in [0.25, 0.3) is 0 Å². The van der Waals surface area contributed by atoms with Crippen LogP contribution >= 0.6 is 15.9 Å². The molecule has 4 nitrogen and oxygen atoms in total. The van der Waals surface area contributed by atoms with Crippen molar-refractivity contribution >= 4 is 38.5 Å². The topological polar surface area (TPSA) is 68.1 Å². The largest absolute Gasteiger partial charge is 0.464 e. The molecule has 1 heterocycles. The third-order valence-electron chi connectivity index (χ3n) is 2.19. The number of benzene rings is 1. The second-order valence-electron chi connectivity index (χ2n) is 3.10. The summed E-state index contributed by atoms with van der Waals surface area (Å²) in [7, 11) is 1.32. The summed E-state index contributed by atoms with van der Waals surface area (Å²) in [5.41, 5.74) is 7.34. The van der Waals surface area contributed by atoms with Gasteiger partial charge in [0.1, 0.15) is 5.69 Å². The van der Waals surface area contributed by atoms with Gasteiger partial charge in [0.15, 0.2) is 0 Å². The Kier molecular flexibility index (Phi) is 2.40. The molecule has 0 saturated carbocycles. The maximum absolute atomic E-state index is 11.3. The summed E-state index contributed by atoms with van der Waals surface area (Å²) in [6, 6.07) is 5.57. The molecule has 15 heavy (non-hydrogen) atoms. The lowest BCUT2D eigenvalue weighted by atomic mass is 10.2. The molecule has 3 N–H and O–H groups in total. The zero-order chi connectivity index (χ0) is 11.0. The number of fused-ring (bicyclic) bond motifs is 1. The van der Waals surface area contributed by atoms with E-state index in [9.17, 15) is 4.79 Å². The van der Waals surface area contributed by atoms with Crippen molar-refractivity contribution in [2.45, 2.75) is 0 Å². The van der Waals surface area contributed by atoms with Crippen molar-refractivity contribution in [2.75, 3.05) is 12.8 Å². The van der Waals surface area contributed by atoms with E-state index in [1.165, 1.54) is 7.11 Å². The zero-order valence-electron chi connectivity index (χ0n) is 8.00. The Labute approximate surface area is 94.5 Å². The Hall–Kier alpha value is -1.49. The van der Waals surface area contributed by atoms with Crippen LogP contribution in [0.15, 0.2) is 22.7 Å². The fourth-order valence-electron chi connectivity index (χ4n) is 1.45. The monoisotopic (exact) mass is 268 g/mol. The standard InChI is InChI=1S/C10H9BrN2O2/c1-15-10(14)9-8(12)6-3-2-5(11)4-7(6)13-9/h2-4,13H,12H2,1H3. The van der Waals surface area contributed by atoms with E-state index >= 15 is 0 Å². The normalized spacial score (nSPS) is 10.5. The van der Waals surface area contributed by atoms with Gasteiger partial charge < -0.3 is 15.5 Å². The number of carbonyl (C=O) groups excluding carboxylic acids is 1. The Bertz CT molecular complexity index is 533. The van der Waals surface area contributed by atoms with E-state index in [4.69, 9.17) is 5.73 Å². The van der Waals surface area contributed by atoms with E-state index in [1.807, 2.05) is 18.2 Å². The Morgan fingerprint density at radius 1 is 1.53 bits per heavy atom. The van der Waals surface area contributed by atoms with Gasteiger partial charge >= 0.3 is 5.97 Å². The lowest BCUT2D eigenvalue weighted by molar-refractivity contribution is 0.0596. The molecule has 0 unspecified atom stereocenters. The number of aromatic nitrogens is 1. The van der Waals surface area contributed by atoms with Crippen molar-refractivity contribution in [1.29, 1.82) is 0 Å². The molecule has 2 rings (SSSR count). The number of halogens is 1. The molecule has 0 saturated heterocycles. The average Bonchev–Trinajstić information content (AvgIpc) is 2.54. The van der Waals surface area contributed by atoms with E-state index in [2.05, 4.69) is 25.7 Å². The van der Waals surface area contributed by atoms with Crippen LogP contribution in [0.2, 0.25) is 0 Å². The highest BCUT2D eigenvalue weighted by molar-refractivity contribution is 9.10. The average molecular weight is 269 g/mol. The predicted octanol–water partition coefficient (Wildman–Crippen LogP) is 2.30. The molecule has 0 aliphatic rings. The first-order valence-corrected chi connectivity index (χ1v) is 5.08. The van der Waals surface area contributed by atoms with Crippen LogP contribution < -0.4 is 5.73 Å². The number of anilines is 1. The number of carbonyl (C=O) groups is 1. The number of methoxy groups -OCH3 is 1. The summed E-state index contributed by atoms with van der Waals surface area (Å²) < 4.78 is 5.54. The molecular formula is C10H9BrN2O2. The SMILES string of the molecule is COC(=O)c1[nH]c2cc(Br)ccc2c1N. The lowest BCUT2D eigenvalue weighted by Crippen LogP contribution is -2.04. The first-order valence-electron chi connectivity index (χ1n) is 4.28. The van der Waals surface area contributed by atoms with Crippen LogP contribution in [0.4, 0.5) is 5.69 Å². The third kappa shape index (κ3) is 1.59. The highest BCUT2D eigenvalue weighted by Gasteiger charge is 2.15. The number of H-pyrrole nitrogens is 1. The summed E-state index contributed by atoms with van der Waals surface area (Å²) in [4.78, 5) is 14.3. The smallest absolute Gasteiger partial charge is 0.356 e. The van der Waals surface area contributed by atoms with Crippen LogP contribution in [0.3, 0.4) is 0 Å². The third-order valence-corrected chi connectivity index (χ3v) is 2.68. The molecule has 2 aromatic rings. The predicted molar refractivity (Wildman–Crippen MR) is 61.8 cm³/mol. The first-order chi connectivity index (χ1) is 7.13. The van der Waals surface area contributed by atoms with Gasteiger partial charge in [-0.2, -0.15) is 0 Å². The fourth-order valence-corrected chi connectivity index (χ4v) is 1.82. The highest BCUT2D eigenvalue weighted by Crippen LogP contribution is 2.27. The molecule has 0 amide bonds. The van der Waals surface area contributed by atoms with Crippen molar-refractivity contribution in [1.82, 2.24) is 4.98 Å². The molecule has 0 aliphatic carbocycles. The summed E-state index contributed by atoms with van der Waals surface area (Å²) in [5.74, 6) is -0.458. The summed E-state index contributed by atoms with van der Waals surface area (Å²) >= 11 is 3.34. The maximum atomic E-state index is 11.3. The van der Waals surface area contributed by atoms with Crippen LogP contribution in [0.5, 0.6) is 0 Å². The van der Waals surface area contributed by atoms with Gasteiger partial charge in [-0.25, -0.2) is 4.79 Å². The van der Waals surface area contributed by atoms with Gasteiger partial charge in [-0.05, 0) is 18.2 Å². The second-order valence-corrected chi connectivity index (χ2v) is 4.01. The molecule has 5 heteroatoms. The number of nitrogens with one attached hydrogen (secondary N) is 1. The van der Waals surface area contributed by atoms with Gasteiger partial charge in [0, 0.05) is 15.4 Å². The molecule has 0 bridgehead atoms. The van der Waals surface area contributed by atoms with Crippen molar-refractivity contribution < 1.29 is 9.53 Å². The van der Waals surface area contributed by atoms with Crippen LogP contribution in [0.1, 0.15) is 10.5 Å². The van der Waals surface area contributed by atoms with Crippen LogP contribution in [-0.2, 0) is 4.74 Å². The van der Waals surface area contributed by atoms with Gasteiger partial charge in [-0.1, -0.05) is 15.9 Å². The summed E-state index contributed by atoms with van der Waals surface area (Å²) in [5, 5.41) is 0.818. The van der Waals surface area contributed by atoms with E-state index in [1.54, 1.807) is 0 Å². The quantitative estimate of drug-likeness (QED) is 0.780. The number of hydrogen-bond acceptors (Lipinski definition) is 3. The number of nitrogens with two attached hydrogens (primary N) is 1. The molecule has 0 radical (unpaired) electrons. The minimum atomic E-state index is -0.458. The number of hydrogen-bond donors (Lipinski definition) is 2. The number of aromatic amines is 1. The van der Waals surface area contributed by atoms with Gasteiger partial charge in [-0.15, -0.1) is 0 Å². The van der Waals surface area contributed by atoms with Gasteiger partial charge in [0.05, 0.1) is 12.8 Å². The Balaban J connectivity index is 2.69. The van der Waals surface area contributed by atoms with Crippen molar-refractivity contribution in [3.05, 3.63) is 28.4 Å². The Morgan fingerprint density at radius 2 is 2.27 bits per heavy atom. The van der Waals surface area contributed by atoms with Crippen LogP contribution in [0.25, 0.3) is 10.9 Å². The van der Waals surface area contributed by atoms with E-state index in [0.29, 0.717) is 11.4 Å². The minimum absolute atomic E-state index is 0.297. The number of esters is 1. The number of nitrogen functional groups attached to an aromatic ring is 1. The molecule has 78 valence electrons. The van der Waals surface area contributed by atoms with Crippen molar-refractivity contribution in [3.8, 4) is 0 Å². The lowest BCUT2D eigenvalue weighted by Gasteiger charge is -1.95. The molecule has 0 atom stereocenters. The summed E-state index contributed by atoms with van der Waals surface area (Å²) in [6.07, 6.45) is 0. The molecule has 1 aromatic carbocycles. The molecule has 0 spiro atoms. The molecule has 0 aliphatic heterocycles. The zero-order valence-corrected chi connectivity index (χ0v) is 9.59. The van der Waals surface area contributed by atoms with Gasteiger partial charge in [0.2, 0.25) is 0 Å². The van der Waals surface area contributed by atoms with Crippen LogP contribution in [-0.4, -0.2) is 18.1 Å². The molecule has 1 aromatic heterocycles. The fraction of sp³-hybridized carbons (Fsp3) is 0.100. The highest BCUT2D eigenvalue weighted by atomic mass is 79.9. The van der Waals surface area contributed by atoms with Crippen LogP contribution in [0, 0.1) is 0 Å². The first kappa shape index (κ1) is 10.0. The molecule has 0 fully saturated rings. The van der Waals surface area contributed by atoms with Crippen molar-refractivity contribution in [2.24, 2.45) is 0 Å². The Morgan fingerprint density at radius 3 is 2.93 bits per heavy atom. The van der Waals surface area contributed by atoms with E-state index < -0.39 is 5.97 Å². The maximum Gasteiger partial charge on any atom is 0.356 e. The minimum Gasteiger partial charge on any atom is -0.464 e. The number of ether oxygens (including phenoxy) is 1. The van der Waals surface area contributed by atoms with Gasteiger partial charge in [-0.3, -0.25) is 0 Å². The number of rotatable bonds is 1. The second kappa shape index (κ2) is 3.58. The van der Waals surface area contributed by atoms with Crippen molar-refractivity contribution in [3.63, 3.8) is 0 Å². The molecular weight excluding hydrogens is 260 g/mol. The van der Waals surface area contributed by atoms with E-state index in [-0.39, 0.29) is 0 Å². The van der Waals surface area contributed by atoms with E-state index in [0.717, 1.165) is 15.4 Å².